The van der Waals surface area contributed by atoms with Gasteiger partial charge in [0.1, 0.15) is 11.5 Å². The van der Waals surface area contributed by atoms with Crippen molar-refractivity contribution in [2.75, 3.05) is 26.8 Å². The number of nitrogens with one attached hydrogen (secondary N) is 1. The molecular formula is C24H30N2O4. The van der Waals surface area contributed by atoms with Gasteiger partial charge in [-0.3, -0.25) is 9.59 Å². The number of likely N-dealkylation sites (tertiary alicyclic amines) is 1. The van der Waals surface area contributed by atoms with Crippen molar-refractivity contribution in [3.63, 3.8) is 0 Å². The van der Waals surface area contributed by atoms with Gasteiger partial charge in [0.05, 0.1) is 12.5 Å². The van der Waals surface area contributed by atoms with E-state index in [2.05, 4.69) is 5.32 Å². The molecule has 0 aromatic heterocycles. The number of aryl methyl sites for hydroxylation is 1. The second-order valence-corrected chi connectivity index (χ2v) is 8.05. The lowest BCUT2D eigenvalue weighted by Crippen LogP contribution is -2.52. The highest BCUT2D eigenvalue weighted by Gasteiger charge is 2.39. The molecule has 1 saturated heterocycles. The Bertz CT molecular complexity index is 881. The Morgan fingerprint density at radius 2 is 1.80 bits per heavy atom. The molecular weight excluding hydrogens is 380 g/mol. The van der Waals surface area contributed by atoms with Crippen LogP contribution in [0.4, 0.5) is 0 Å². The normalized spacial score (nSPS) is 18.6. The Morgan fingerprint density at radius 1 is 1.10 bits per heavy atom. The Morgan fingerprint density at radius 3 is 2.50 bits per heavy atom. The van der Waals surface area contributed by atoms with Gasteiger partial charge in [-0.2, -0.15) is 0 Å². The third-order valence-electron chi connectivity index (χ3n) is 5.72. The van der Waals surface area contributed by atoms with Crippen molar-refractivity contribution < 1.29 is 19.1 Å². The zero-order valence-corrected chi connectivity index (χ0v) is 17.9. The molecule has 0 spiro atoms. The van der Waals surface area contributed by atoms with E-state index < -0.39 is 5.41 Å². The maximum atomic E-state index is 12.9. The summed E-state index contributed by atoms with van der Waals surface area (Å²) in [7, 11) is 1.60. The number of hydrogen-bond acceptors (Lipinski definition) is 4. The van der Waals surface area contributed by atoms with Gasteiger partial charge in [-0.05, 0) is 62.1 Å². The Balaban J connectivity index is 1.54. The zero-order chi connectivity index (χ0) is 21.6. The van der Waals surface area contributed by atoms with Crippen molar-refractivity contribution in [3.8, 4) is 11.5 Å². The molecule has 30 heavy (non-hydrogen) atoms. The van der Waals surface area contributed by atoms with Crippen molar-refractivity contribution in [1.29, 1.82) is 0 Å². The number of nitrogens with zero attached hydrogens (tertiary/aromatic N) is 1. The Labute approximate surface area is 178 Å². The van der Waals surface area contributed by atoms with Crippen molar-refractivity contribution >= 4 is 11.8 Å². The van der Waals surface area contributed by atoms with Crippen LogP contribution in [0.25, 0.3) is 0 Å². The van der Waals surface area contributed by atoms with Gasteiger partial charge in [-0.25, -0.2) is 0 Å². The van der Waals surface area contributed by atoms with Gasteiger partial charge in [0.2, 0.25) is 5.91 Å². The van der Waals surface area contributed by atoms with Crippen LogP contribution in [-0.4, -0.2) is 43.5 Å². The van der Waals surface area contributed by atoms with E-state index >= 15 is 0 Å². The SMILES string of the molecule is COc1ccc(OCC(=O)N2CCCC(C)(C(=O)NCc3ccccc3C)C2)cc1. The van der Waals surface area contributed by atoms with Crippen molar-refractivity contribution in [3.05, 3.63) is 59.7 Å². The van der Waals surface area contributed by atoms with Gasteiger partial charge in [-0.1, -0.05) is 24.3 Å². The van der Waals surface area contributed by atoms with Crippen LogP contribution in [-0.2, 0) is 16.1 Å². The standard InChI is InChI=1S/C24H30N2O4/c1-18-7-4-5-8-19(18)15-25-23(28)24(2)13-6-14-26(17-24)22(27)16-30-21-11-9-20(29-3)10-12-21/h4-5,7-12H,6,13-17H2,1-3H3,(H,25,28). The smallest absolute Gasteiger partial charge is 0.260 e. The molecule has 1 atom stereocenters. The highest BCUT2D eigenvalue weighted by molar-refractivity contribution is 5.84. The number of benzene rings is 2. The molecule has 3 rings (SSSR count). The van der Waals surface area contributed by atoms with Crippen LogP contribution in [0, 0.1) is 12.3 Å². The van der Waals surface area contributed by atoms with Gasteiger partial charge in [0.25, 0.3) is 5.91 Å². The van der Waals surface area contributed by atoms with Gasteiger partial charge in [0, 0.05) is 19.6 Å². The number of carbonyl (C=O) groups excluding carboxylic acids is 2. The lowest BCUT2D eigenvalue weighted by molar-refractivity contribution is -0.142. The van der Waals surface area contributed by atoms with Gasteiger partial charge < -0.3 is 19.7 Å². The summed E-state index contributed by atoms with van der Waals surface area (Å²) in [6.07, 6.45) is 1.55. The highest BCUT2D eigenvalue weighted by atomic mass is 16.5. The third-order valence-corrected chi connectivity index (χ3v) is 5.72. The van der Waals surface area contributed by atoms with Crippen LogP contribution in [0.15, 0.2) is 48.5 Å². The number of ether oxygens (including phenoxy) is 2. The number of amides is 2. The number of rotatable bonds is 7. The van der Waals surface area contributed by atoms with Gasteiger partial charge in [0.15, 0.2) is 6.61 Å². The quantitative estimate of drug-likeness (QED) is 0.760. The third kappa shape index (κ3) is 5.32. The summed E-state index contributed by atoms with van der Waals surface area (Å²) < 4.78 is 10.7. The second-order valence-electron chi connectivity index (χ2n) is 8.05. The summed E-state index contributed by atoms with van der Waals surface area (Å²) in [5, 5.41) is 3.06. The average Bonchev–Trinajstić information content (AvgIpc) is 2.77. The summed E-state index contributed by atoms with van der Waals surface area (Å²) >= 11 is 0. The molecule has 2 aromatic carbocycles. The van der Waals surface area contributed by atoms with Gasteiger partial charge >= 0.3 is 0 Å². The molecule has 1 fully saturated rings. The molecule has 0 bridgehead atoms. The fraction of sp³-hybridized carbons (Fsp3) is 0.417. The lowest BCUT2D eigenvalue weighted by Gasteiger charge is -2.39. The fourth-order valence-electron chi connectivity index (χ4n) is 3.74. The minimum absolute atomic E-state index is 0.0145. The predicted molar refractivity (Wildman–Crippen MR) is 115 cm³/mol. The molecule has 1 aliphatic rings. The van der Waals surface area contributed by atoms with Crippen LogP contribution in [0.1, 0.15) is 30.9 Å². The molecule has 2 amide bonds. The minimum Gasteiger partial charge on any atom is -0.497 e. The second kappa shape index (κ2) is 9.65. The first-order chi connectivity index (χ1) is 14.4. The number of methoxy groups -OCH3 is 1. The largest absolute Gasteiger partial charge is 0.497 e. The van der Waals surface area contributed by atoms with E-state index in [-0.39, 0.29) is 18.4 Å². The molecule has 6 nitrogen and oxygen atoms in total. The first-order valence-electron chi connectivity index (χ1n) is 10.3. The van der Waals surface area contributed by atoms with E-state index in [1.165, 1.54) is 0 Å². The van der Waals surface area contributed by atoms with Crippen LogP contribution in [0.5, 0.6) is 11.5 Å². The maximum Gasteiger partial charge on any atom is 0.260 e. The predicted octanol–water partition coefficient (Wildman–Crippen LogP) is 3.33. The fourth-order valence-corrected chi connectivity index (χ4v) is 3.74. The molecule has 0 aliphatic carbocycles. The summed E-state index contributed by atoms with van der Waals surface area (Å²) in [6.45, 7) is 5.46. The molecule has 0 saturated carbocycles. The molecule has 2 aromatic rings. The first-order valence-corrected chi connectivity index (χ1v) is 10.3. The topological polar surface area (TPSA) is 67.9 Å². The summed E-state index contributed by atoms with van der Waals surface area (Å²) in [5.74, 6) is 1.22. The maximum absolute atomic E-state index is 12.9. The van der Waals surface area contributed by atoms with E-state index in [0.717, 1.165) is 29.7 Å². The van der Waals surface area contributed by atoms with Crippen LogP contribution < -0.4 is 14.8 Å². The average molecular weight is 411 g/mol. The lowest BCUT2D eigenvalue weighted by atomic mass is 9.81. The first kappa shape index (κ1) is 21.7. The summed E-state index contributed by atoms with van der Waals surface area (Å²) in [4.78, 5) is 27.3. The number of piperidine rings is 1. The van der Waals surface area contributed by atoms with E-state index in [4.69, 9.17) is 9.47 Å². The minimum atomic E-state index is -0.600. The summed E-state index contributed by atoms with van der Waals surface area (Å²) in [6, 6.07) is 15.1. The monoisotopic (exact) mass is 410 g/mol. The molecule has 1 heterocycles. The molecule has 160 valence electrons. The number of hydrogen-bond donors (Lipinski definition) is 1. The van der Waals surface area contributed by atoms with E-state index in [1.807, 2.05) is 38.1 Å². The van der Waals surface area contributed by atoms with Crippen molar-refractivity contribution in [1.82, 2.24) is 10.2 Å². The van der Waals surface area contributed by atoms with E-state index in [1.54, 1.807) is 36.3 Å². The zero-order valence-electron chi connectivity index (χ0n) is 17.9. The van der Waals surface area contributed by atoms with Crippen LogP contribution in [0.3, 0.4) is 0 Å². The Kier molecular flexibility index (Phi) is 6.98. The molecule has 0 radical (unpaired) electrons. The molecule has 1 unspecified atom stereocenters. The van der Waals surface area contributed by atoms with Crippen molar-refractivity contribution in [2.45, 2.75) is 33.2 Å². The van der Waals surface area contributed by atoms with Crippen LogP contribution in [0.2, 0.25) is 0 Å². The van der Waals surface area contributed by atoms with E-state index in [0.29, 0.717) is 25.4 Å². The molecule has 6 heteroatoms. The van der Waals surface area contributed by atoms with Crippen molar-refractivity contribution in [2.24, 2.45) is 5.41 Å². The van der Waals surface area contributed by atoms with E-state index in [9.17, 15) is 9.59 Å². The van der Waals surface area contributed by atoms with Gasteiger partial charge in [-0.15, -0.1) is 0 Å². The summed E-state index contributed by atoms with van der Waals surface area (Å²) in [5.41, 5.74) is 1.65. The number of carbonyl (C=O) groups is 2. The molecule has 1 aliphatic heterocycles. The highest BCUT2D eigenvalue weighted by Crippen LogP contribution is 2.30. The molecule has 1 N–H and O–H groups in total. The Hall–Kier alpha value is -3.02. The van der Waals surface area contributed by atoms with Crippen LogP contribution >= 0.6 is 0 Å².